The molecular formula is C16H17FN2O. The maximum Gasteiger partial charge on any atom is 0.239 e. The molecule has 1 amide bonds. The zero-order valence-corrected chi connectivity index (χ0v) is 11.1. The van der Waals surface area contributed by atoms with E-state index in [1.807, 2.05) is 30.3 Å². The molecule has 0 radical (unpaired) electrons. The fraction of sp³-hybridized carbons (Fsp3) is 0.188. The number of hydrogen-bond acceptors (Lipinski definition) is 2. The number of nitrogens with one attached hydrogen (secondary N) is 1. The third kappa shape index (κ3) is 3.65. The van der Waals surface area contributed by atoms with E-state index in [0.29, 0.717) is 18.5 Å². The van der Waals surface area contributed by atoms with Crippen molar-refractivity contribution in [3.63, 3.8) is 0 Å². The van der Waals surface area contributed by atoms with Crippen molar-refractivity contribution in [2.24, 2.45) is 5.73 Å². The molecule has 0 aliphatic rings. The van der Waals surface area contributed by atoms with Crippen molar-refractivity contribution in [3.05, 3.63) is 71.5 Å². The van der Waals surface area contributed by atoms with Crippen molar-refractivity contribution in [2.75, 3.05) is 6.54 Å². The molecule has 1 unspecified atom stereocenters. The van der Waals surface area contributed by atoms with Crippen LogP contribution >= 0.6 is 0 Å². The van der Waals surface area contributed by atoms with Gasteiger partial charge in [0.2, 0.25) is 5.91 Å². The summed E-state index contributed by atoms with van der Waals surface area (Å²) in [5.41, 5.74) is 6.84. The Kier molecular flexibility index (Phi) is 4.85. The Bertz CT molecular complexity index is 572. The molecule has 0 aliphatic carbocycles. The first-order valence-electron chi connectivity index (χ1n) is 6.49. The summed E-state index contributed by atoms with van der Waals surface area (Å²) in [5, 5.41) is 3.07. The number of halogens is 1. The number of carbonyl (C=O) groups excluding carboxylic acids is 1. The van der Waals surface area contributed by atoms with E-state index < -0.39 is 11.9 Å². The van der Waals surface area contributed by atoms with E-state index >= 15 is 0 Å². The zero-order chi connectivity index (χ0) is 14.4. The van der Waals surface area contributed by atoms with Crippen LogP contribution in [0.15, 0.2) is 54.6 Å². The summed E-state index contributed by atoms with van der Waals surface area (Å²) >= 11 is 0. The highest BCUT2D eigenvalue weighted by molar-refractivity contribution is 5.81. The second kappa shape index (κ2) is 6.82. The molecule has 104 valence electrons. The van der Waals surface area contributed by atoms with E-state index in [1.165, 1.54) is 6.07 Å². The van der Waals surface area contributed by atoms with Gasteiger partial charge in [-0.25, -0.2) is 4.39 Å². The average molecular weight is 272 g/mol. The van der Waals surface area contributed by atoms with E-state index in [-0.39, 0.29) is 5.82 Å². The molecule has 0 saturated carbocycles. The smallest absolute Gasteiger partial charge is 0.239 e. The van der Waals surface area contributed by atoms with Crippen LogP contribution in [0.1, 0.15) is 17.2 Å². The Morgan fingerprint density at radius 3 is 2.40 bits per heavy atom. The minimum Gasteiger partial charge on any atom is -0.368 e. The zero-order valence-electron chi connectivity index (χ0n) is 11.1. The molecule has 2 rings (SSSR count). The molecule has 0 aromatic heterocycles. The third-order valence-electron chi connectivity index (χ3n) is 3.12. The van der Waals surface area contributed by atoms with E-state index in [2.05, 4.69) is 5.32 Å². The minimum atomic E-state index is -0.553. The normalized spacial score (nSPS) is 12.1. The lowest BCUT2D eigenvalue weighted by Crippen LogP contribution is -2.34. The van der Waals surface area contributed by atoms with Crippen molar-refractivity contribution >= 4 is 5.91 Å². The van der Waals surface area contributed by atoms with Gasteiger partial charge < -0.3 is 11.1 Å². The number of nitrogens with two attached hydrogens (primary N) is 1. The Balaban J connectivity index is 1.97. The van der Waals surface area contributed by atoms with Gasteiger partial charge in [-0.2, -0.15) is 0 Å². The predicted octanol–water partition coefficient (Wildman–Crippen LogP) is 2.18. The average Bonchev–Trinajstić information content (AvgIpc) is 2.46. The van der Waals surface area contributed by atoms with Crippen molar-refractivity contribution in [1.29, 1.82) is 0 Å². The maximum absolute atomic E-state index is 13.5. The largest absolute Gasteiger partial charge is 0.368 e. The molecular weight excluding hydrogens is 255 g/mol. The summed E-state index contributed by atoms with van der Waals surface area (Å²) < 4.78 is 13.5. The first-order chi connectivity index (χ1) is 9.68. The highest BCUT2D eigenvalue weighted by Crippen LogP contribution is 2.12. The predicted molar refractivity (Wildman–Crippen MR) is 76.5 cm³/mol. The lowest BCUT2D eigenvalue weighted by Gasteiger charge is -2.15. The van der Waals surface area contributed by atoms with Crippen LogP contribution in [0.5, 0.6) is 0 Å². The SMILES string of the molecule is NC(=O)C(NCCc1ccccc1F)c1ccccc1. The molecule has 0 saturated heterocycles. The van der Waals surface area contributed by atoms with Crippen molar-refractivity contribution < 1.29 is 9.18 Å². The van der Waals surface area contributed by atoms with Gasteiger partial charge in [0.05, 0.1) is 0 Å². The van der Waals surface area contributed by atoms with E-state index in [4.69, 9.17) is 5.73 Å². The van der Waals surface area contributed by atoms with Gasteiger partial charge in [0.25, 0.3) is 0 Å². The van der Waals surface area contributed by atoms with Gasteiger partial charge >= 0.3 is 0 Å². The fourth-order valence-corrected chi connectivity index (χ4v) is 2.08. The van der Waals surface area contributed by atoms with Crippen LogP contribution in [0.4, 0.5) is 4.39 Å². The summed E-state index contributed by atoms with van der Waals surface area (Å²) in [7, 11) is 0. The summed E-state index contributed by atoms with van der Waals surface area (Å²) in [4.78, 5) is 11.5. The van der Waals surface area contributed by atoms with Gasteiger partial charge in [0, 0.05) is 6.54 Å². The number of benzene rings is 2. The van der Waals surface area contributed by atoms with Crippen molar-refractivity contribution in [3.8, 4) is 0 Å². The highest BCUT2D eigenvalue weighted by atomic mass is 19.1. The molecule has 0 spiro atoms. The summed E-state index contributed by atoms with van der Waals surface area (Å²) in [5.74, 6) is -0.672. The Morgan fingerprint density at radius 2 is 1.75 bits per heavy atom. The van der Waals surface area contributed by atoms with Crippen LogP contribution in [0.3, 0.4) is 0 Å². The first-order valence-corrected chi connectivity index (χ1v) is 6.49. The quantitative estimate of drug-likeness (QED) is 0.847. The molecule has 0 aliphatic heterocycles. The standard InChI is InChI=1S/C16H17FN2O/c17-14-9-5-4-6-12(14)10-11-19-15(16(18)20)13-7-2-1-3-8-13/h1-9,15,19H,10-11H2,(H2,18,20). The lowest BCUT2D eigenvalue weighted by atomic mass is 10.1. The van der Waals surface area contributed by atoms with E-state index in [0.717, 1.165) is 5.56 Å². The van der Waals surface area contributed by atoms with Crippen LogP contribution in [-0.4, -0.2) is 12.5 Å². The molecule has 2 aromatic carbocycles. The van der Waals surface area contributed by atoms with Gasteiger partial charge in [-0.1, -0.05) is 48.5 Å². The summed E-state index contributed by atoms with van der Waals surface area (Å²) in [6, 6.07) is 15.3. The van der Waals surface area contributed by atoms with Gasteiger partial charge in [-0.05, 0) is 23.6 Å². The topological polar surface area (TPSA) is 55.1 Å². The maximum atomic E-state index is 13.5. The fourth-order valence-electron chi connectivity index (χ4n) is 2.08. The number of amides is 1. The first kappa shape index (κ1) is 14.2. The van der Waals surface area contributed by atoms with Gasteiger partial charge in [-0.15, -0.1) is 0 Å². The van der Waals surface area contributed by atoms with Crippen LogP contribution in [0, 0.1) is 5.82 Å². The molecule has 0 heterocycles. The molecule has 3 nitrogen and oxygen atoms in total. The highest BCUT2D eigenvalue weighted by Gasteiger charge is 2.16. The minimum absolute atomic E-state index is 0.232. The van der Waals surface area contributed by atoms with Gasteiger partial charge in [0.15, 0.2) is 0 Å². The molecule has 2 aromatic rings. The molecule has 3 N–H and O–H groups in total. The van der Waals surface area contributed by atoms with Crippen LogP contribution in [0.25, 0.3) is 0 Å². The molecule has 1 atom stereocenters. The van der Waals surface area contributed by atoms with E-state index in [9.17, 15) is 9.18 Å². The van der Waals surface area contributed by atoms with Crippen LogP contribution < -0.4 is 11.1 Å². The summed E-state index contributed by atoms with van der Waals surface area (Å²) in [6.45, 7) is 0.476. The van der Waals surface area contributed by atoms with Crippen LogP contribution in [0.2, 0.25) is 0 Å². The Morgan fingerprint density at radius 1 is 1.10 bits per heavy atom. The number of rotatable bonds is 6. The molecule has 0 bridgehead atoms. The lowest BCUT2D eigenvalue weighted by molar-refractivity contribution is -0.120. The molecule has 20 heavy (non-hydrogen) atoms. The molecule has 4 heteroatoms. The second-order valence-electron chi connectivity index (χ2n) is 4.54. The van der Waals surface area contributed by atoms with E-state index in [1.54, 1.807) is 18.2 Å². The number of primary amides is 1. The van der Waals surface area contributed by atoms with Crippen LogP contribution in [-0.2, 0) is 11.2 Å². The third-order valence-corrected chi connectivity index (χ3v) is 3.12. The Hall–Kier alpha value is -2.20. The monoisotopic (exact) mass is 272 g/mol. The van der Waals surface area contributed by atoms with Crippen molar-refractivity contribution in [2.45, 2.75) is 12.5 Å². The number of carbonyl (C=O) groups is 1. The molecule has 0 fully saturated rings. The van der Waals surface area contributed by atoms with Crippen molar-refractivity contribution in [1.82, 2.24) is 5.32 Å². The van der Waals surface area contributed by atoms with Gasteiger partial charge in [-0.3, -0.25) is 4.79 Å². The number of hydrogen-bond donors (Lipinski definition) is 2. The Labute approximate surface area is 117 Å². The second-order valence-corrected chi connectivity index (χ2v) is 4.54. The van der Waals surface area contributed by atoms with Gasteiger partial charge in [0.1, 0.15) is 11.9 Å². The summed E-state index contributed by atoms with van der Waals surface area (Å²) in [6.07, 6.45) is 0.503.